The number of alkyl halides is 10. The number of carbonyl (C=O) groups excluding carboxylic acids is 3. The van der Waals surface area contributed by atoms with Crippen molar-refractivity contribution in [3.05, 3.63) is 103 Å². The minimum atomic E-state index is -4.63. The van der Waals surface area contributed by atoms with Crippen molar-refractivity contribution >= 4 is 79.1 Å². The van der Waals surface area contributed by atoms with Crippen molar-refractivity contribution in [3.63, 3.8) is 0 Å². The summed E-state index contributed by atoms with van der Waals surface area (Å²) in [5.74, 6) is -1.38. The van der Waals surface area contributed by atoms with Crippen molar-refractivity contribution in [1.82, 2.24) is 0 Å². The normalized spacial score (nSPS) is 11.5. The molecule has 0 N–H and O–H groups in total. The van der Waals surface area contributed by atoms with Gasteiger partial charge in [0.2, 0.25) is 0 Å². The predicted molar refractivity (Wildman–Crippen MR) is 148 cm³/mol. The molecule has 43 heavy (non-hydrogen) atoms. The molecule has 0 atom stereocenters. The Morgan fingerprint density at radius 1 is 0.605 bits per heavy atom. The van der Waals surface area contributed by atoms with Gasteiger partial charge in [-0.15, -0.1) is 0 Å². The SMILES string of the molecule is CC(=O)c1c(Cl)cccc1C(F)(F)F.O=C(CBr)c1c(Cl)cccc1C(F)(F)F.O=C(Cl)c1c(Cl)cccc1C(F)(F)F. The Hall–Kier alpha value is -2.32. The lowest BCUT2D eigenvalue weighted by atomic mass is 10.0. The van der Waals surface area contributed by atoms with Gasteiger partial charge in [0.1, 0.15) is 0 Å². The molecule has 0 saturated heterocycles. The molecule has 0 saturated carbocycles. The van der Waals surface area contributed by atoms with Gasteiger partial charge < -0.3 is 0 Å². The van der Waals surface area contributed by atoms with Crippen molar-refractivity contribution in [3.8, 4) is 0 Å². The molecular formula is C26H14BrCl4F9O3. The molecule has 0 aliphatic heterocycles. The van der Waals surface area contributed by atoms with Crippen LogP contribution in [0.4, 0.5) is 39.5 Å². The van der Waals surface area contributed by atoms with Gasteiger partial charge >= 0.3 is 18.5 Å². The van der Waals surface area contributed by atoms with Crippen LogP contribution in [0.2, 0.25) is 15.1 Å². The van der Waals surface area contributed by atoms with E-state index in [-0.39, 0.29) is 20.4 Å². The van der Waals surface area contributed by atoms with Crippen molar-refractivity contribution < 1.29 is 53.9 Å². The summed E-state index contributed by atoms with van der Waals surface area (Å²) in [4.78, 5) is 32.9. The zero-order valence-corrected chi connectivity index (χ0v) is 25.5. The number of hydrogen-bond acceptors (Lipinski definition) is 3. The molecule has 0 aliphatic rings. The minimum absolute atomic E-state index is 0.174. The molecule has 0 fully saturated rings. The minimum Gasteiger partial charge on any atom is -0.294 e. The van der Waals surface area contributed by atoms with Gasteiger partial charge in [-0.25, -0.2) is 0 Å². The second-order valence-electron chi connectivity index (χ2n) is 7.87. The number of benzene rings is 3. The topological polar surface area (TPSA) is 51.2 Å². The zero-order chi connectivity index (χ0) is 33.5. The first kappa shape index (κ1) is 38.7. The van der Waals surface area contributed by atoms with E-state index in [1.807, 2.05) is 0 Å². The van der Waals surface area contributed by atoms with Gasteiger partial charge in [0, 0.05) is 11.1 Å². The van der Waals surface area contributed by atoms with Gasteiger partial charge in [0.15, 0.2) is 11.6 Å². The van der Waals surface area contributed by atoms with Crippen LogP contribution in [-0.4, -0.2) is 22.1 Å². The maximum Gasteiger partial charge on any atom is 0.417 e. The maximum atomic E-state index is 12.5. The predicted octanol–water partition coefficient (Wildman–Crippen LogP) is 11.2. The van der Waals surface area contributed by atoms with Gasteiger partial charge in [-0.3, -0.25) is 14.4 Å². The van der Waals surface area contributed by atoms with E-state index in [2.05, 4.69) is 15.9 Å². The third-order valence-corrected chi connectivity index (χ3v) is 6.55. The smallest absolute Gasteiger partial charge is 0.294 e. The lowest BCUT2D eigenvalue weighted by Gasteiger charge is -2.12. The summed E-state index contributed by atoms with van der Waals surface area (Å²) in [5.41, 5.74) is -4.77. The van der Waals surface area contributed by atoms with Crippen LogP contribution in [0, 0.1) is 0 Å². The maximum absolute atomic E-state index is 12.5. The van der Waals surface area contributed by atoms with Crippen LogP contribution in [0.3, 0.4) is 0 Å². The number of rotatable bonds is 4. The molecule has 17 heteroatoms. The average Bonchev–Trinajstić information content (AvgIpc) is 2.86. The van der Waals surface area contributed by atoms with Crippen LogP contribution in [0.1, 0.15) is 54.7 Å². The number of halogens is 14. The molecule has 0 unspecified atom stereocenters. The molecule has 234 valence electrons. The quantitative estimate of drug-likeness (QED) is 0.115. The van der Waals surface area contributed by atoms with E-state index in [1.165, 1.54) is 18.2 Å². The second kappa shape index (κ2) is 15.6. The number of Topliss-reactive ketones (excluding diaryl/α,β-unsaturated/α-hetero) is 2. The Bertz CT molecular complexity index is 1410. The molecule has 0 aliphatic carbocycles. The fourth-order valence-electron chi connectivity index (χ4n) is 3.19. The van der Waals surface area contributed by atoms with E-state index in [0.717, 1.165) is 43.3 Å². The molecule has 0 aromatic heterocycles. The van der Waals surface area contributed by atoms with E-state index in [0.29, 0.717) is 0 Å². The van der Waals surface area contributed by atoms with Gasteiger partial charge in [-0.2, -0.15) is 39.5 Å². The van der Waals surface area contributed by atoms with Crippen molar-refractivity contribution in [2.75, 3.05) is 5.33 Å². The summed E-state index contributed by atoms with van der Waals surface area (Å²) in [6.07, 6.45) is -13.8. The van der Waals surface area contributed by atoms with E-state index in [1.54, 1.807) is 0 Å². The van der Waals surface area contributed by atoms with Crippen LogP contribution in [0.15, 0.2) is 54.6 Å². The lowest BCUT2D eigenvalue weighted by molar-refractivity contribution is -0.138. The summed E-state index contributed by atoms with van der Waals surface area (Å²) in [6.45, 7) is 1.05. The Kier molecular flexibility index (Phi) is 14.0. The van der Waals surface area contributed by atoms with E-state index < -0.39 is 68.7 Å². The Morgan fingerprint density at radius 3 is 1.16 bits per heavy atom. The molecule has 0 heterocycles. The molecule has 0 amide bonds. The van der Waals surface area contributed by atoms with Crippen LogP contribution in [0.25, 0.3) is 0 Å². The Balaban J connectivity index is 0.000000323. The third-order valence-electron chi connectivity index (χ3n) is 4.91. The summed E-state index contributed by atoms with van der Waals surface area (Å²) in [7, 11) is 0. The van der Waals surface area contributed by atoms with E-state index in [9.17, 15) is 53.9 Å². The lowest BCUT2D eigenvalue weighted by Crippen LogP contribution is -2.14. The highest BCUT2D eigenvalue weighted by atomic mass is 79.9. The second-order valence-corrected chi connectivity index (χ2v) is 9.99. The van der Waals surface area contributed by atoms with E-state index in [4.69, 9.17) is 46.4 Å². The average molecular weight is 767 g/mol. The largest absolute Gasteiger partial charge is 0.417 e. The van der Waals surface area contributed by atoms with Crippen LogP contribution >= 0.6 is 62.3 Å². The fourth-order valence-corrected chi connectivity index (χ4v) is 4.57. The first-order valence-corrected chi connectivity index (χ1v) is 13.6. The fraction of sp³-hybridized carbons (Fsp3) is 0.192. The van der Waals surface area contributed by atoms with Gasteiger partial charge in [-0.05, 0) is 54.9 Å². The molecule has 0 bridgehead atoms. The third kappa shape index (κ3) is 11.0. The molecule has 0 radical (unpaired) electrons. The van der Waals surface area contributed by atoms with Gasteiger partial charge in [-0.1, -0.05) is 68.9 Å². The van der Waals surface area contributed by atoms with E-state index >= 15 is 0 Å². The number of carbonyl (C=O) groups is 3. The summed E-state index contributed by atoms with van der Waals surface area (Å²) in [6, 6.07) is 9.54. The van der Waals surface area contributed by atoms with Crippen molar-refractivity contribution in [2.45, 2.75) is 25.5 Å². The van der Waals surface area contributed by atoms with Gasteiger partial charge in [0.05, 0.1) is 42.7 Å². The van der Waals surface area contributed by atoms with Crippen LogP contribution in [-0.2, 0) is 18.5 Å². The highest BCUT2D eigenvalue weighted by Crippen LogP contribution is 2.37. The summed E-state index contributed by atoms with van der Waals surface area (Å²) in [5, 5.41) is -2.08. The highest BCUT2D eigenvalue weighted by Gasteiger charge is 2.37. The zero-order valence-electron chi connectivity index (χ0n) is 20.9. The number of hydrogen-bond donors (Lipinski definition) is 0. The van der Waals surface area contributed by atoms with Crippen molar-refractivity contribution in [2.24, 2.45) is 0 Å². The Labute approximate surface area is 266 Å². The summed E-state index contributed by atoms with van der Waals surface area (Å²) >= 11 is 24.3. The Morgan fingerprint density at radius 2 is 0.907 bits per heavy atom. The highest BCUT2D eigenvalue weighted by molar-refractivity contribution is 9.09. The molecule has 3 aromatic carbocycles. The standard InChI is InChI=1S/C9H5BrClF3O.C9H6ClF3O.C8H3Cl2F3O/c10-4-7(15)8-5(9(12,13)14)2-1-3-6(8)11;1-5(14)8-6(9(11,12)13)3-2-4-7(8)10;9-5-3-1-2-4(8(11,12)13)6(5)7(10)14/h1-3H,4H2;2-4H,1H3;1-3H. The van der Waals surface area contributed by atoms with Crippen LogP contribution in [0.5, 0.6) is 0 Å². The molecule has 3 nitrogen and oxygen atoms in total. The molecular weight excluding hydrogens is 753 g/mol. The molecule has 3 aromatic rings. The number of ketones is 2. The van der Waals surface area contributed by atoms with Crippen molar-refractivity contribution in [1.29, 1.82) is 0 Å². The molecule has 0 spiro atoms. The van der Waals surface area contributed by atoms with Crippen LogP contribution < -0.4 is 0 Å². The monoisotopic (exact) mass is 764 g/mol. The van der Waals surface area contributed by atoms with Gasteiger partial charge in [0.25, 0.3) is 5.24 Å². The molecule has 3 rings (SSSR count). The summed E-state index contributed by atoms with van der Waals surface area (Å²) < 4.78 is 112. The first-order valence-electron chi connectivity index (χ1n) is 10.9. The first-order chi connectivity index (χ1) is 19.5.